The van der Waals surface area contributed by atoms with Crippen molar-refractivity contribution >= 4 is 11.7 Å². The maximum Gasteiger partial charge on any atom is 0.422 e. The van der Waals surface area contributed by atoms with Gasteiger partial charge in [0.1, 0.15) is 11.5 Å². The largest absolute Gasteiger partial charge is 0.484 e. The molecule has 1 amide bonds. The first-order chi connectivity index (χ1) is 12.8. The number of hydrogen-bond donors (Lipinski definition) is 1. The van der Waals surface area contributed by atoms with Gasteiger partial charge in [0.25, 0.3) is 5.91 Å². The highest BCUT2D eigenvalue weighted by Gasteiger charge is 2.28. The van der Waals surface area contributed by atoms with Crippen molar-refractivity contribution < 1.29 is 27.5 Å². The van der Waals surface area contributed by atoms with Crippen molar-refractivity contribution in [3.05, 3.63) is 59.4 Å². The lowest BCUT2D eigenvalue weighted by Gasteiger charge is -2.10. The number of nitrogens with one attached hydrogen (secondary N) is 1. The number of pyridine rings is 1. The lowest BCUT2D eigenvalue weighted by Crippen LogP contribution is -2.23. The smallest absolute Gasteiger partial charge is 0.422 e. The van der Waals surface area contributed by atoms with E-state index in [9.17, 15) is 22.8 Å². The lowest BCUT2D eigenvalue weighted by atomic mass is 10.1. The number of alkyl halides is 3. The molecule has 2 aromatic rings. The predicted octanol–water partition coefficient (Wildman–Crippen LogP) is 3.47. The van der Waals surface area contributed by atoms with E-state index in [4.69, 9.17) is 0 Å². The maximum atomic E-state index is 12.2. The lowest BCUT2D eigenvalue weighted by molar-refractivity contribution is -0.153. The summed E-state index contributed by atoms with van der Waals surface area (Å²) in [6.07, 6.45) is -2.16. The number of halogens is 3. The van der Waals surface area contributed by atoms with Crippen LogP contribution in [0.4, 0.5) is 13.2 Å². The average molecular weight is 380 g/mol. The number of aromatic nitrogens is 1. The van der Waals surface area contributed by atoms with Crippen LogP contribution in [0.3, 0.4) is 0 Å². The van der Waals surface area contributed by atoms with Crippen molar-refractivity contribution in [1.82, 2.24) is 10.3 Å². The molecule has 5 nitrogen and oxygen atoms in total. The second-order valence-electron chi connectivity index (χ2n) is 5.84. The average Bonchev–Trinajstić information content (AvgIpc) is 2.64. The van der Waals surface area contributed by atoms with Gasteiger partial charge in [-0.25, -0.2) is 0 Å². The van der Waals surface area contributed by atoms with Gasteiger partial charge in [-0.3, -0.25) is 14.6 Å². The Hall–Kier alpha value is -2.90. The van der Waals surface area contributed by atoms with E-state index in [1.165, 1.54) is 24.3 Å². The van der Waals surface area contributed by atoms with Gasteiger partial charge < -0.3 is 10.1 Å². The van der Waals surface area contributed by atoms with Crippen molar-refractivity contribution in [3.63, 3.8) is 0 Å². The fourth-order valence-corrected chi connectivity index (χ4v) is 2.21. The van der Waals surface area contributed by atoms with Crippen LogP contribution in [-0.4, -0.2) is 29.5 Å². The topological polar surface area (TPSA) is 68.3 Å². The predicted molar refractivity (Wildman–Crippen MR) is 92.4 cm³/mol. The number of amides is 1. The number of nitrogens with zero attached hydrogens (tertiary/aromatic N) is 1. The zero-order valence-electron chi connectivity index (χ0n) is 14.7. The second-order valence-corrected chi connectivity index (χ2v) is 5.84. The fourth-order valence-electron chi connectivity index (χ4n) is 2.21. The molecule has 1 aromatic heterocycles. The minimum atomic E-state index is -4.42. The van der Waals surface area contributed by atoms with Crippen molar-refractivity contribution in [2.75, 3.05) is 6.61 Å². The molecule has 0 unspecified atom stereocenters. The summed E-state index contributed by atoms with van der Waals surface area (Å²) in [5.41, 5.74) is 1.73. The Morgan fingerprint density at radius 3 is 2.48 bits per heavy atom. The van der Waals surface area contributed by atoms with Crippen LogP contribution in [0.2, 0.25) is 0 Å². The molecule has 1 heterocycles. The SMILES string of the molecule is CCC(=O)Cc1cc(CNC(=O)c2ccc(OCC(F)(F)F)cc2)ccn1. The van der Waals surface area contributed by atoms with E-state index in [2.05, 4.69) is 15.0 Å². The molecule has 0 fully saturated rings. The van der Waals surface area contributed by atoms with E-state index in [1.807, 2.05) is 0 Å². The molecule has 1 N–H and O–H groups in total. The summed E-state index contributed by atoms with van der Waals surface area (Å²) in [7, 11) is 0. The molecule has 0 radical (unpaired) electrons. The highest BCUT2D eigenvalue weighted by Crippen LogP contribution is 2.19. The number of carbonyl (C=O) groups excluding carboxylic acids is 2. The van der Waals surface area contributed by atoms with Gasteiger partial charge in [-0.15, -0.1) is 0 Å². The fraction of sp³-hybridized carbons (Fsp3) is 0.316. The van der Waals surface area contributed by atoms with Crippen LogP contribution in [0.25, 0.3) is 0 Å². The Labute approximate surface area is 154 Å². The first kappa shape index (κ1) is 20.4. The number of ether oxygens (including phenoxy) is 1. The molecule has 144 valence electrons. The molecule has 8 heteroatoms. The zero-order chi connectivity index (χ0) is 19.9. The summed E-state index contributed by atoms with van der Waals surface area (Å²) in [6.45, 7) is 0.635. The number of benzene rings is 1. The van der Waals surface area contributed by atoms with Gasteiger partial charge in [0, 0.05) is 36.8 Å². The Balaban J connectivity index is 1.90. The number of rotatable bonds is 8. The van der Waals surface area contributed by atoms with Crippen LogP contribution < -0.4 is 10.1 Å². The molecule has 0 aliphatic carbocycles. The quantitative estimate of drug-likeness (QED) is 0.761. The van der Waals surface area contributed by atoms with E-state index in [0.29, 0.717) is 17.7 Å². The van der Waals surface area contributed by atoms with Crippen LogP contribution in [0.1, 0.15) is 35.0 Å². The van der Waals surface area contributed by atoms with Crippen LogP contribution >= 0.6 is 0 Å². The van der Waals surface area contributed by atoms with Gasteiger partial charge in [0.15, 0.2) is 6.61 Å². The van der Waals surface area contributed by atoms with Crippen LogP contribution in [0, 0.1) is 0 Å². The molecule has 27 heavy (non-hydrogen) atoms. The molecule has 0 atom stereocenters. The van der Waals surface area contributed by atoms with Crippen molar-refractivity contribution in [2.24, 2.45) is 0 Å². The Morgan fingerprint density at radius 1 is 1.15 bits per heavy atom. The van der Waals surface area contributed by atoms with Gasteiger partial charge in [0.2, 0.25) is 0 Å². The van der Waals surface area contributed by atoms with Gasteiger partial charge in [0.05, 0.1) is 0 Å². The molecule has 2 rings (SSSR count). The van der Waals surface area contributed by atoms with Crippen molar-refractivity contribution in [3.8, 4) is 5.75 Å². The van der Waals surface area contributed by atoms with E-state index in [-0.39, 0.29) is 30.4 Å². The molecule has 0 spiro atoms. The van der Waals surface area contributed by atoms with Crippen LogP contribution in [0.15, 0.2) is 42.6 Å². The van der Waals surface area contributed by atoms with Gasteiger partial charge in [-0.1, -0.05) is 6.92 Å². The summed E-state index contributed by atoms with van der Waals surface area (Å²) < 4.78 is 40.9. The van der Waals surface area contributed by atoms with Crippen LogP contribution in [-0.2, 0) is 17.8 Å². The van der Waals surface area contributed by atoms with E-state index >= 15 is 0 Å². The number of carbonyl (C=O) groups is 2. The third kappa shape index (κ3) is 7.08. The first-order valence-electron chi connectivity index (χ1n) is 8.30. The molecular weight excluding hydrogens is 361 g/mol. The third-order valence-electron chi connectivity index (χ3n) is 3.63. The standard InChI is InChI=1S/C19H19F3N2O3/c1-2-16(25)10-15-9-13(7-8-23-15)11-24-18(26)14-3-5-17(6-4-14)27-12-19(20,21)22/h3-9H,2,10-12H2,1H3,(H,24,26). The Morgan fingerprint density at radius 2 is 1.85 bits per heavy atom. The molecule has 0 aliphatic rings. The summed E-state index contributed by atoms with van der Waals surface area (Å²) >= 11 is 0. The summed E-state index contributed by atoms with van der Waals surface area (Å²) in [4.78, 5) is 27.8. The Kier molecular flexibility index (Phi) is 6.92. The highest BCUT2D eigenvalue weighted by atomic mass is 19.4. The molecule has 0 saturated heterocycles. The number of hydrogen-bond acceptors (Lipinski definition) is 4. The molecule has 1 aromatic carbocycles. The van der Waals surface area contributed by atoms with Gasteiger partial charge in [-0.2, -0.15) is 13.2 Å². The first-order valence-corrected chi connectivity index (χ1v) is 8.30. The monoisotopic (exact) mass is 380 g/mol. The molecule has 0 saturated carbocycles. The van der Waals surface area contributed by atoms with E-state index in [0.717, 1.165) is 5.56 Å². The van der Waals surface area contributed by atoms with E-state index < -0.39 is 12.8 Å². The van der Waals surface area contributed by atoms with Crippen molar-refractivity contribution in [2.45, 2.75) is 32.5 Å². The van der Waals surface area contributed by atoms with Crippen LogP contribution in [0.5, 0.6) is 5.75 Å². The third-order valence-corrected chi connectivity index (χ3v) is 3.63. The molecule has 0 aliphatic heterocycles. The minimum absolute atomic E-state index is 0.0308. The number of Topliss-reactive ketones (excluding diaryl/α,β-unsaturated/α-hetero) is 1. The Bertz CT molecular complexity index is 790. The van der Waals surface area contributed by atoms with Crippen molar-refractivity contribution in [1.29, 1.82) is 0 Å². The minimum Gasteiger partial charge on any atom is -0.484 e. The molecule has 0 bridgehead atoms. The normalized spacial score (nSPS) is 11.1. The van der Waals surface area contributed by atoms with Gasteiger partial charge in [-0.05, 0) is 42.0 Å². The molecular formula is C19H19F3N2O3. The maximum absolute atomic E-state index is 12.2. The van der Waals surface area contributed by atoms with E-state index in [1.54, 1.807) is 25.3 Å². The second kappa shape index (κ2) is 9.16. The summed E-state index contributed by atoms with van der Waals surface area (Å²) in [5.74, 6) is -0.264. The highest BCUT2D eigenvalue weighted by molar-refractivity contribution is 5.94. The number of ketones is 1. The summed E-state index contributed by atoms with van der Waals surface area (Å²) in [5, 5.41) is 2.71. The summed E-state index contributed by atoms with van der Waals surface area (Å²) in [6, 6.07) is 8.87. The van der Waals surface area contributed by atoms with Gasteiger partial charge >= 0.3 is 6.18 Å². The zero-order valence-corrected chi connectivity index (χ0v) is 14.7.